The molecule has 1 amide bonds. The second-order valence-electron chi connectivity index (χ2n) is 10.6. The fourth-order valence-electron chi connectivity index (χ4n) is 6.36. The molecule has 1 unspecified atom stereocenters. The third-order valence-electron chi connectivity index (χ3n) is 8.21. The summed E-state index contributed by atoms with van der Waals surface area (Å²) in [4.78, 5) is 22.2. The number of halogens is 1. The number of hydrogen-bond acceptors (Lipinski definition) is 8. The van der Waals surface area contributed by atoms with E-state index >= 15 is 0 Å². The first-order valence-corrected chi connectivity index (χ1v) is 15.1. The largest absolute Gasteiger partial charge is 0.494 e. The number of fused-ring (bicyclic) bond motifs is 1. The lowest BCUT2D eigenvalue weighted by Gasteiger charge is -2.41. The number of amides is 1. The molecule has 4 aliphatic rings. The Hall–Kier alpha value is -3.47. The Morgan fingerprint density at radius 2 is 1.90 bits per heavy atom. The molecule has 1 aromatic heterocycles. The molecule has 2 atom stereocenters. The summed E-state index contributed by atoms with van der Waals surface area (Å²) >= 11 is 0. The summed E-state index contributed by atoms with van der Waals surface area (Å²) in [6, 6.07) is 4.05. The van der Waals surface area contributed by atoms with E-state index in [2.05, 4.69) is 22.2 Å². The first-order chi connectivity index (χ1) is 18.7. The van der Waals surface area contributed by atoms with Crippen LogP contribution in [-0.2, 0) is 14.6 Å². The van der Waals surface area contributed by atoms with Crippen LogP contribution in [0, 0.1) is 19.7 Å². The van der Waals surface area contributed by atoms with Gasteiger partial charge in [0.1, 0.15) is 21.4 Å². The van der Waals surface area contributed by atoms with Gasteiger partial charge in [0, 0.05) is 29.8 Å². The number of amidine groups is 1. The van der Waals surface area contributed by atoms with Crippen molar-refractivity contribution in [3.63, 3.8) is 0 Å². The molecule has 0 N–H and O–H groups in total. The second kappa shape index (κ2) is 9.62. The van der Waals surface area contributed by atoms with Gasteiger partial charge < -0.3 is 19.1 Å². The number of anilines is 1. The van der Waals surface area contributed by atoms with Crippen molar-refractivity contribution < 1.29 is 26.9 Å². The predicted octanol–water partition coefficient (Wildman–Crippen LogP) is 3.97. The van der Waals surface area contributed by atoms with Crippen LogP contribution in [0.1, 0.15) is 49.1 Å². The fraction of sp³-hybridized carbons (Fsp3) is 0.464. The quantitative estimate of drug-likeness (QED) is 0.551. The molecule has 3 aliphatic heterocycles. The molecule has 0 saturated carbocycles. The number of sulfone groups is 1. The van der Waals surface area contributed by atoms with Crippen molar-refractivity contribution in [2.45, 2.75) is 64.1 Å². The molecule has 1 aromatic carbocycles. The van der Waals surface area contributed by atoms with E-state index in [4.69, 9.17) is 14.3 Å². The Balaban J connectivity index is 1.40. The summed E-state index contributed by atoms with van der Waals surface area (Å²) in [6.07, 6.45) is 6.75. The van der Waals surface area contributed by atoms with Gasteiger partial charge in [-0.05, 0) is 63.3 Å². The second-order valence-corrected chi connectivity index (χ2v) is 12.9. The highest BCUT2D eigenvalue weighted by molar-refractivity contribution is 7.91. The number of methoxy groups -OCH3 is 1. The summed E-state index contributed by atoms with van der Waals surface area (Å²) in [6.45, 7) is 3.79. The zero-order valence-corrected chi connectivity index (χ0v) is 23.0. The van der Waals surface area contributed by atoms with Crippen LogP contribution in [0.2, 0.25) is 0 Å². The Kier molecular flexibility index (Phi) is 6.36. The summed E-state index contributed by atoms with van der Waals surface area (Å²) in [5, 5.41) is 4.10. The summed E-state index contributed by atoms with van der Waals surface area (Å²) in [5.74, 6) is 1.21. The van der Waals surface area contributed by atoms with E-state index < -0.39 is 21.7 Å². The maximum atomic E-state index is 14.7. The van der Waals surface area contributed by atoms with Gasteiger partial charge in [0.15, 0.2) is 11.6 Å². The van der Waals surface area contributed by atoms with E-state index in [9.17, 15) is 17.6 Å². The lowest BCUT2D eigenvalue weighted by atomic mass is 9.92. The lowest BCUT2D eigenvalue weighted by molar-refractivity contribution is -0.117. The molecule has 11 heteroatoms. The first-order valence-electron chi connectivity index (χ1n) is 13.2. The van der Waals surface area contributed by atoms with Crippen molar-refractivity contribution in [3.05, 3.63) is 58.9 Å². The first kappa shape index (κ1) is 25.8. The van der Waals surface area contributed by atoms with Gasteiger partial charge in [-0.3, -0.25) is 4.79 Å². The van der Waals surface area contributed by atoms with E-state index in [1.54, 1.807) is 11.0 Å². The third-order valence-corrected chi connectivity index (χ3v) is 9.93. The van der Waals surface area contributed by atoms with Crippen LogP contribution in [0.5, 0.6) is 5.75 Å². The Morgan fingerprint density at radius 3 is 2.56 bits per heavy atom. The van der Waals surface area contributed by atoms with Crippen LogP contribution in [0.4, 0.5) is 10.1 Å². The molecular weight excluding hydrogens is 523 g/mol. The van der Waals surface area contributed by atoms with Gasteiger partial charge >= 0.3 is 0 Å². The van der Waals surface area contributed by atoms with Crippen molar-refractivity contribution >= 4 is 32.8 Å². The minimum Gasteiger partial charge on any atom is -0.494 e. The number of rotatable bonds is 5. The number of ether oxygens (including phenoxy) is 1. The average Bonchev–Trinajstić information content (AvgIpc) is 3.57. The number of allylic oxidation sites excluding steroid dienone is 2. The van der Waals surface area contributed by atoms with Gasteiger partial charge in [-0.15, -0.1) is 0 Å². The molecule has 1 aliphatic carbocycles. The lowest BCUT2D eigenvalue weighted by Crippen LogP contribution is -2.53. The molecule has 0 bridgehead atoms. The van der Waals surface area contributed by atoms with Gasteiger partial charge in [-0.2, -0.15) is 0 Å². The number of benzene rings is 1. The Morgan fingerprint density at radius 1 is 1.13 bits per heavy atom. The highest BCUT2D eigenvalue weighted by atomic mass is 32.2. The Labute approximate surface area is 226 Å². The van der Waals surface area contributed by atoms with Crippen molar-refractivity contribution in [3.8, 4) is 5.75 Å². The molecule has 9 nitrogen and oxygen atoms in total. The highest BCUT2D eigenvalue weighted by Crippen LogP contribution is 2.41. The maximum absolute atomic E-state index is 14.7. The van der Waals surface area contributed by atoms with E-state index in [-0.39, 0.29) is 35.2 Å². The van der Waals surface area contributed by atoms with Crippen molar-refractivity contribution in [2.75, 3.05) is 23.5 Å². The summed E-state index contributed by atoms with van der Waals surface area (Å²) in [5.41, 5.74) is 4.07. The molecule has 39 heavy (non-hydrogen) atoms. The van der Waals surface area contributed by atoms with E-state index in [0.717, 1.165) is 34.1 Å². The normalized spacial score (nSPS) is 24.9. The van der Waals surface area contributed by atoms with Gasteiger partial charge in [0.25, 0.3) is 0 Å². The molecule has 2 fully saturated rings. The fourth-order valence-corrected chi connectivity index (χ4v) is 7.82. The van der Waals surface area contributed by atoms with E-state index in [1.165, 1.54) is 19.2 Å². The molecule has 2 saturated heterocycles. The van der Waals surface area contributed by atoms with Crippen LogP contribution < -0.4 is 9.64 Å². The van der Waals surface area contributed by atoms with Gasteiger partial charge in [-0.1, -0.05) is 11.2 Å². The molecule has 0 radical (unpaired) electrons. The number of aliphatic imine (C=N–C) groups is 1. The Bertz CT molecular complexity index is 1510. The van der Waals surface area contributed by atoms with Gasteiger partial charge in [-0.25, -0.2) is 17.8 Å². The van der Waals surface area contributed by atoms with Crippen LogP contribution in [0.3, 0.4) is 0 Å². The summed E-state index contributed by atoms with van der Waals surface area (Å²) in [7, 11) is -1.66. The molecule has 0 spiro atoms. The zero-order chi connectivity index (χ0) is 27.5. The SMILES string of the molecule is COc1ccc(N2C(=O)CC[C@H]2C2=NC3=CC(c4c(C)noc4C)=CCC3N2C2CCS(=O)(=O)CC2)cc1F. The van der Waals surface area contributed by atoms with Crippen LogP contribution in [0.15, 0.2) is 45.6 Å². The van der Waals surface area contributed by atoms with Crippen LogP contribution in [-0.4, -0.2) is 67.0 Å². The standard InChI is InChI=1S/C28H31FN4O5S/c1-16-27(17(2)38-31-16)18-4-6-23-22(14-18)30-28(33(23)19-10-12-39(35,36)13-11-19)24-7-9-26(34)32(24)20-5-8-25(37-3)21(29)15-20/h4-5,8,14-15,19,23-24H,6-7,9-13H2,1-3H3/t23?,24-/m0/s1. The van der Waals surface area contributed by atoms with Gasteiger partial charge in [0.2, 0.25) is 5.91 Å². The summed E-state index contributed by atoms with van der Waals surface area (Å²) < 4.78 is 49.6. The number of aryl methyl sites for hydroxylation is 2. The maximum Gasteiger partial charge on any atom is 0.227 e. The van der Waals surface area contributed by atoms with Crippen molar-refractivity contribution in [2.24, 2.45) is 4.99 Å². The van der Waals surface area contributed by atoms with E-state index in [0.29, 0.717) is 37.8 Å². The monoisotopic (exact) mass is 554 g/mol. The average molecular weight is 555 g/mol. The van der Waals surface area contributed by atoms with Crippen LogP contribution >= 0.6 is 0 Å². The van der Waals surface area contributed by atoms with Crippen molar-refractivity contribution in [1.82, 2.24) is 10.1 Å². The topological polar surface area (TPSA) is 105 Å². The number of nitrogens with zero attached hydrogens (tertiary/aromatic N) is 4. The molecule has 2 aromatic rings. The number of aromatic nitrogens is 1. The van der Waals surface area contributed by atoms with E-state index in [1.807, 2.05) is 13.8 Å². The predicted molar refractivity (Wildman–Crippen MR) is 145 cm³/mol. The minimum atomic E-state index is -3.06. The molecule has 4 heterocycles. The molecule has 6 rings (SSSR count). The number of hydrogen-bond donors (Lipinski definition) is 0. The highest BCUT2D eigenvalue weighted by Gasteiger charge is 2.46. The smallest absolute Gasteiger partial charge is 0.227 e. The number of carbonyl (C=O) groups is 1. The van der Waals surface area contributed by atoms with Crippen molar-refractivity contribution in [1.29, 1.82) is 0 Å². The minimum absolute atomic E-state index is 0.0256. The zero-order valence-electron chi connectivity index (χ0n) is 22.2. The molecule has 206 valence electrons. The van der Waals surface area contributed by atoms with Crippen LogP contribution in [0.25, 0.3) is 5.57 Å². The third kappa shape index (κ3) is 4.46. The van der Waals surface area contributed by atoms with Gasteiger partial charge in [0.05, 0.1) is 42.1 Å². The number of carbonyl (C=O) groups excluding carboxylic acids is 1. The molecular formula is C28H31FN4O5S.